The van der Waals surface area contributed by atoms with Crippen molar-refractivity contribution in [3.8, 4) is 0 Å². The lowest BCUT2D eigenvalue weighted by atomic mass is 9.84. The Morgan fingerprint density at radius 1 is 1.41 bits per heavy atom. The Morgan fingerprint density at radius 2 is 2.24 bits per heavy atom. The number of aromatic amines is 1. The van der Waals surface area contributed by atoms with Gasteiger partial charge in [-0.3, -0.25) is 0 Å². The highest BCUT2D eigenvalue weighted by Crippen LogP contribution is 2.31. The minimum atomic E-state index is 0.386. The number of aromatic nitrogens is 3. The van der Waals surface area contributed by atoms with Gasteiger partial charge in [-0.05, 0) is 25.3 Å². The second kappa shape index (κ2) is 6.74. The molecule has 1 heterocycles. The fourth-order valence-corrected chi connectivity index (χ4v) is 2.76. The first-order valence-electron chi connectivity index (χ1n) is 6.99. The molecule has 1 unspecified atom stereocenters. The Kier molecular flexibility index (Phi) is 4.98. The van der Waals surface area contributed by atoms with Crippen LogP contribution in [-0.2, 0) is 0 Å². The fourth-order valence-electron chi connectivity index (χ4n) is 2.76. The summed E-state index contributed by atoms with van der Waals surface area (Å²) in [5.74, 6) is 0.870. The fraction of sp³-hybridized carbons (Fsp3) is 0.846. The summed E-state index contributed by atoms with van der Waals surface area (Å²) in [6.07, 6.45) is 11.3. The van der Waals surface area contributed by atoms with Crippen LogP contribution in [0.1, 0.15) is 63.6 Å². The summed E-state index contributed by atoms with van der Waals surface area (Å²) in [6, 6.07) is 0.386. The molecule has 17 heavy (non-hydrogen) atoms. The van der Waals surface area contributed by atoms with Crippen LogP contribution in [0.15, 0.2) is 6.20 Å². The summed E-state index contributed by atoms with van der Waals surface area (Å²) in [5, 5.41) is 14.5. The summed E-state index contributed by atoms with van der Waals surface area (Å²) < 4.78 is 0. The van der Waals surface area contributed by atoms with Crippen molar-refractivity contribution in [1.29, 1.82) is 0 Å². The van der Waals surface area contributed by atoms with Crippen molar-refractivity contribution < 1.29 is 0 Å². The first-order valence-corrected chi connectivity index (χ1v) is 6.99. The molecule has 1 atom stereocenters. The topological polar surface area (TPSA) is 53.6 Å². The zero-order chi connectivity index (χ0) is 11.9. The SMILES string of the molecule is CCCNC(CC1CCCCC1)c1cn[nH]n1. The van der Waals surface area contributed by atoms with Crippen LogP contribution in [0, 0.1) is 5.92 Å². The zero-order valence-corrected chi connectivity index (χ0v) is 10.8. The molecule has 4 nitrogen and oxygen atoms in total. The monoisotopic (exact) mass is 236 g/mol. The van der Waals surface area contributed by atoms with Gasteiger partial charge in [-0.15, -0.1) is 0 Å². The van der Waals surface area contributed by atoms with Gasteiger partial charge in [0.15, 0.2) is 0 Å². The molecule has 2 rings (SSSR count). The van der Waals surface area contributed by atoms with Gasteiger partial charge in [0.1, 0.15) is 0 Å². The van der Waals surface area contributed by atoms with Gasteiger partial charge in [0.25, 0.3) is 0 Å². The summed E-state index contributed by atoms with van der Waals surface area (Å²) in [6.45, 7) is 3.26. The van der Waals surface area contributed by atoms with Gasteiger partial charge in [-0.25, -0.2) is 0 Å². The van der Waals surface area contributed by atoms with E-state index in [-0.39, 0.29) is 0 Å². The summed E-state index contributed by atoms with van der Waals surface area (Å²) in [5.41, 5.74) is 1.07. The molecule has 1 aliphatic rings. The highest BCUT2D eigenvalue weighted by Gasteiger charge is 2.21. The Labute approximate surface area is 104 Å². The van der Waals surface area contributed by atoms with E-state index in [0.29, 0.717) is 6.04 Å². The number of hydrogen-bond acceptors (Lipinski definition) is 3. The lowest BCUT2D eigenvalue weighted by Gasteiger charge is -2.26. The molecule has 0 bridgehead atoms. The maximum Gasteiger partial charge on any atom is 0.0993 e. The lowest BCUT2D eigenvalue weighted by molar-refractivity contribution is 0.297. The summed E-state index contributed by atoms with van der Waals surface area (Å²) in [4.78, 5) is 0. The van der Waals surface area contributed by atoms with E-state index in [0.717, 1.165) is 18.2 Å². The third kappa shape index (κ3) is 3.80. The smallest absolute Gasteiger partial charge is 0.0993 e. The third-order valence-corrected chi connectivity index (χ3v) is 3.73. The molecular formula is C13H24N4. The zero-order valence-electron chi connectivity index (χ0n) is 10.8. The Morgan fingerprint density at radius 3 is 2.88 bits per heavy atom. The predicted octanol–water partition coefficient (Wildman–Crippen LogP) is 2.82. The Bertz CT molecular complexity index is 290. The molecule has 1 aromatic heterocycles. The standard InChI is InChI=1S/C13H24N4/c1-2-8-14-12(13-10-15-17-16-13)9-11-6-4-3-5-7-11/h10-12,14H,2-9H2,1H3,(H,15,16,17). The first-order chi connectivity index (χ1) is 8.40. The van der Waals surface area contributed by atoms with Crippen molar-refractivity contribution in [1.82, 2.24) is 20.7 Å². The molecular weight excluding hydrogens is 212 g/mol. The molecule has 0 saturated heterocycles. The molecule has 1 fully saturated rings. The molecule has 0 aliphatic heterocycles. The lowest BCUT2D eigenvalue weighted by Crippen LogP contribution is -2.25. The minimum Gasteiger partial charge on any atom is -0.309 e. The van der Waals surface area contributed by atoms with Gasteiger partial charge in [0.2, 0.25) is 0 Å². The van der Waals surface area contributed by atoms with Crippen molar-refractivity contribution in [3.05, 3.63) is 11.9 Å². The maximum atomic E-state index is 4.24. The van der Waals surface area contributed by atoms with Gasteiger partial charge >= 0.3 is 0 Å². The minimum absolute atomic E-state index is 0.386. The molecule has 1 saturated carbocycles. The van der Waals surface area contributed by atoms with Gasteiger partial charge in [0.05, 0.1) is 17.9 Å². The Balaban J connectivity index is 1.90. The number of nitrogens with zero attached hydrogens (tertiary/aromatic N) is 2. The first kappa shape index (κ1) is 12.6. The number of hydrogen-bond donors (Lipinski definition) is 2. The third-order valence-electron chi connectivity index (χ3n) is 3.73. The summed E-state index contributed by atoms with van der Waals surface area (Å²) >= 11 is 0. The highest BCUT2D eigenvalue weighted by molar-refractivity contribution is 5.00. The van der Waals surface area contributed by atoms with Crippen molar-refractivity contribution in [3.63, 3.8) is 0 Å². The molecule has 0 aromatic carbocycles. The van der Waals surface area contributed by atoms with E-state index < -0.39 is 0 Å². The number of rotatable bonds is 6. The molecule has 2 N–H and O–H groups in total. The van der Waals surface area contributed by atoms with E-state index >= 15 is 0 Å². The largest absolute Gasteiger partial charge is 0.309 e. The van der Waals surface area contributed by atoms with E-state index in [2.05, 4.69) is 27.7 Å². The van der Waals surface area contributed by atoms with Crippen LogP contribution in [0.5, 0.6) is 0 Å². The second-order valence-corrected chi connectivity index (χ2v) is 5.14. The maximum absolute atomic E-state index is 4.24. The van der Waals surface area contributed by atoms with Crippen molar-refractivity contribution >= 4 is 0 Å². The van der Waals surface area contributed by atoms with E-state index in [1.165, 1.54) is 44.9 Å². The number of H-pyrrole nitrogens is 1. The average Bonchev–Trinajstić information content (AvgIpc) is 2.89. The van der Waals surface area contributed by atoms with Gasteiger partial charge in [0, 0.05) is 0 Å². The van der Waals surface area contributed by atoms with Crippen LogP contribution in [0.3, 0.4) is 0 Å². The van der Waals surface area contributed by atoms with Gasteiger partial charge in [-0.2, -0.15) is 15.4 Å². The molecule has 1 aromatic rings. The molecule has 0 spiro atoms. The van der Waals surface area contributed by atoms with Crippen LogP contribution < -0.4 is 5.32 Å². The number of nitrogens with one attached hydrogen (secondary N) is 2. The van der Waals surface area contributed by atoms with E-state index in [1.54, 1.807) is 0 Å². The molecule has 96 valence electrons. The van der Waals surface area contributed by atoms with Crippen LogP contribution >= 0.6 is 0 Å². The highest BCUT2D eigenvalue weighted by atomic mass is 15.3. The Hall–Kier alpha value is -0.900. The molecule has 0 radical (unpaired) electrons. The quantitative estimate of drug-likeness (QED) is 0.798. The second-order valence-electron chi connectivity index (χ2n) is 5.14. The predicted molar refractivity (Wildman–Crippen MR) is 68.6 cm³/mol. The van der Waals surface area contributed by atoms with Crippen LogP contribution in [-0.4, -0.2) is 22.0 Å². The van der Waals surface area contributed by atoms with E-state index in [1.807, 2.05) is 6.20 Å². The molecule has 0 amide bonds. The van der Waals surface area contributed by atoms with Gasteiger partial charge in [-0.1, -0.05) is 39.0 Å². The van der Waals surface area contributed by atoms with Crippen LogP contribution in [0.2, 0.25) is 0 Å². The molecule has 1 aliphatic carbocycles. The summed E-state index contributed by atoms with van der Waals surface area (Å²) in [7, 11) is 0. The van der Waals surface area contributed by atoms with Crippen LogP contribution in [0.25, 0.3) is 0 Å². The van der Waals surface area contributed by atoms with Crippen molar-refractivity contribution in [2.24, 2.45) is 5.92 Å². The van der Waals surface area contributed by atoms with Crippen molar-refractivity contribution in [2.45, 2.75) is 57.9 Å². The van der Waals surface area contributed by atoms with Crippen LogP contribution in [0.4, 0.5) is 0 Å². The van der Waals surface area contributed by atoms with E-state index in [4.69, 9.17) is 0 Å². The molecule has 4 heteroatoms. The van der Waals surface area contributed by atoms with Gasteiger partial charge < -0.3 is 5.32 Å². The normalized spacial score (nSPS) is 19.4. The van der Waals surface area contributed by atoms with E-state index in [9.17, 15) is 0 Å². The van der Waals surface area contributed by atoms with Crippen molar-refractivity contribution in [2.75, 3.05) is 6.54 Å². The average molecular weight is 236 g/mol.